The van der Waals surface area contributed by atoms with Crippen molar-refractivity contribution >= 4 is 46.1 Å². The monoisotopic (exact) mass is 511 g/mol. The van der Waals surface area contributed by atoms with Gasteiger partial charge in [0.25, 0.3) is 11.5 Å². The molecule has 3 aromatic heterocycles. The third kappa shape index (κ3) is 4.74. The minimum Gasteiger partial charge on any atom is -0.352 e. The normalized spacial score (nSPS) is 14.4. The third-order valence-corrected chi connectivity index (χ3v) is 7.01. The Kier molecular flexibility index (Phi) is 6.44. The number of aromatic amines is 1. The number of benzene rings is 1. The van der Waals surface area contributed by atoms with Gasteiger partial charge in [-0.15, -0.1) is 0 Å². The zero-order valence-electron chi connectivity index (χ0n) is 19.0. The topological polar surface area (TPSA) is 109 Å². The molecule has 0 saturated carbocycles. The van der Waals surface area contributed by atoms with Crippen LogP contribution in [0, 0.1) is 6.92 Å². The molecule has 0 atom stereocenters. The summed E-state index contributed by atoms with van der Waals surface area (Å²) in [4.78, 5) is 39.0. The molecule has 1 aliphatic rings. The fourth-order valence-corrected chi connectivity index (χ4v) is 4.66. The zero-order chi connectivity index (χ0) is 24.5. The van der Waals surface area contributed by atoms with Crippen LogP contribution in [-0.2, 0) is 6.54 Å². The van der Waals surface area contributed by atoms with E-state index in [0.29, 0.717) is 65.1 Å². The SMILES string of the molecule is Cc1ccncc1C(=O)N1CCC(n2ncc3nc(NCc4ccc(Cl)c(Cl)c4)[nH]c(=O)c32)CC1. The maximum Gasteiger partial charge on any atom is 0.278 e. The van der Waals surface area contributed by atoms with Gasteiger partial charge in [0.15, 0.2) is 5.52 Å². The molecule has 0 spiro atoms. The first-order valence-corrected chi connectivity index (χ1v) is 12.0. The number of anilines is 1. The van der Waals surface area contributed by atoms with Gasteiger partial charge in [-0.2, -0.15) is 5.10 Å². The molecule has 5 rings (SSSR count). The highest BCUT2D eigenvalue weighted by atomic mass is 35.5. The number of halogens is 2. The highest BCUT2D eigenvalue weighted by Gasteiger charge is 2.27. The lowest BCUT2D eigenvalue weighted by Gasteiger charge is -2.32. The number of carbonyl (C=O) groups excluding carboxylic acids is 1. The predicted molar refractivity (Wildman–Crippen MR) is 135 cm³/mol. The van der Waals surface area contributed by atoms with E-state index in [0.717, 1.165) is 11.1 Å². The molecule has 0 unspecified atom stereocenters. The maximum absolute atomic E-state index is 12.9. The second-order valence-corrected chi connectivity index (χ2v) is 9.37. The van der Waals surface area contributed by atoms with Crippen molar-refractivity contribution in [3.8, 4) is 0 Å². The number of H-pyrrole nitrogens is 1. The number of aryl methyl sites for hydroxylation is 1. The average molecular weight is 512 g/mol. The molecular formula is C24H23Cl2N7O2. The van der Waals surface area contributed by atoms with Crippen LogP contribution in [0.5, 0.6) is 0 Å². The lowest BCUT2D eigenvalue weighted by atomic mass is 10.0. The highest BCUT2D eigenvalue weighted by molar-refractivity contribution is 6.42. The van der Waals surface area contributed by atoms with E-state index in [1.807, 2.05) is 24.0 Å². The number of hydrogen-bond acceptors (Lipinski definition) is 6. The summed E-state index contributed by atoms with van der Waals surface area (Å²) in [7, 11) is 0. The number of aromatic nitrogens is 5. The number of nitrogens with one attached hydrogen (secondary N) is 2. The molecule has 35 heavy (non-hydrogen) atoms. The Hall–Kier alpha value is -3.43. The van der Waals surface area contributed by atoms with Gasteiger partial charge in [-0.05, 0) is 49.1 Å². The van der Waals surface area contributed by atoms with Gasteiger partial charge < -0.3 is 10.2 Å². The fourth-order valence-electron chi connectivity index (χ4n) is 4.34. The molecule has 0 radical (unpaired) electrons. The molecule has 0 bridgehead atoms. The van der Waals surface area contributed by atoms with Crippen molar-refractivity contribution in [3.63, 3.8) is 0 Å². The first-order valence-electron chi connectivity index (χ1n) is 11.3. The Morgan fingerprint density at radius 2 is 1.97 bits per heavy atom. The van der Waals surface area contributed by atoms with E-state index in [-0.39, 0.29) is 17.5 Å². The molecule has 180 valence electrons. The van der Waals surface area contributed by atoms with Crippen molar-refractivity contribution in [2.45, 2.75) is 32.4 Å². The van der Waals surface area contributed by atoms with Gasteiger partial charge in [0.1, 0.15) is 5.52 Å². The van der Waals surface area contributed by atoms with Gasteiger partial charge in [0.05, 0.1) is 27.8 Å². The minimum absolute atomic E-state index is 0.00413. The molecule has 1 amide bonds. The molecular weight excluding hydrogens is 489 g/mol. The Labute approximate surface area is 211 Å². The lowest BCUT2D eigenvalue weighted by Crippen LogP contribution is -2.39. The van der Waals surface area contributed by atoms with Crippen LogP contribution in [0.4, 0.5) is 5.95 Å². The molecule has 4 heterocycles. The van der Waals surface area contributed by atoms with E-state index >= 15 is 0 Å². The number of piperidine rings is 1. The summed E-state index contributed by atoms with van der Waals surface area (Å²) >= 11 is 12.0. The van der Waals surface area contributed by atoms with E-state index in [1.54, 1.807) is 35.4 Å². The zero-order valence-corrected chi connectivity index (χ0v) is 20.5. The Balaban J connectivity index is 1.28. The number of amides is 1. The summed E-state index contributed by atoms with van der Waals surface area (Å²) in [5, 5.41) is 8.53. The van der Waals surface area contributed by atoms with Gasteiger partial charge >= 0.3 is 0 Å². The molecule has 2 N–H and O–H groups in total. The van der Waals surface area contributed by atoms with Crippen LogP contribution in [0.1, 0.15) is 40.4 Å². The quantitative estimate of drug-likeness (QED) is 0.415. The number of fused-ring (bicyclic) bond motifs is 1. The number of nitrogens with zero attached hydrogens (tertiary/aromatic N) is 5. The van der Waals surface area contributed by atoms with Crippen molar-refractivity contribution in [3.05, 3.63) is 79.9 Å². The Morgan fingerprint density at radius 1 is 1.17 bits per heavy atom. The molecule has 0 aliphatic carbocycles. The van der Waals surface area contributed by atoms with Crippen LogP contribution in [0.25, 0.3) is 11.0 Å². The predicted octanol–water partition coefficient (Wildman–Crippen LogP) is 4.22. The van der Waals surface area contributed by atoms with Crippen LogP contribution in [-0.4, -0.2) is 48.6 Å². The molecule has 1 fully saturated rings. The van der Waals surface area contributed by atoms with E-state index in [2.05, 4.69) is 25.4 Å². The van der Waals surface area contributed by atoms with Crippen molar-refractivity contribution in [1.82, 2.24) is 29.6 Å². The number of rotatable bonds is 5. The first kappa shape index (κ1) is 23.3. The number of pyridine rings is 1. The number of hydrogen-bond donors (Lipinski definition) is 2. The van der Waals surface area contributed by atoms with Crippen molar-refractivity contribution in [2.75, 3.05) is 18.4 Å². The van der Waals surface area contributed by atoms with Crippen LogP contribution < -0.4 is 10.9 Å². The molecule has 1 aliphatic heterocycles. The van der Waals surface area contributed by atoms with E-state index in [4.69, 9.17) is 23.2 Å². The first-order chi connectivity index (χ1) is 16.9. The summed E-state index contributed by atoms with van der Waals surface area (Å²) in [6, 6.07) is 7.18. The summed E-state index contributed by atoms with van der Waals surface area (Å²) < 4.78 is 1.74. The standard InChI is InChI=1S/C24H23Cl2N7O2/c1-14-4-7-27-12-17(14)23(35)32-8-5-16(6-9-32)33-21-20(13-29-33)30-24(31-22(21)34)28-11-15-2-3-18(25)19(26)10-15/h2-4,7,10,12-13,16H,5-6,8-9,11H2,1H3,(H2,28,30,31,34). The Morgan fingerprint density at radius 3 is 2.71 bits per heavy atom. The van der Waals surface area contributed by atoms with Crippen molar-refractivity contribution < 1.29 is 4.79 Å². The highest BCUT2D eigenvalue weighted by Crippen LogP contribution is 2.26. The minimum atomic E-state index is -0.270. The van der Waals surface area contributed by atoms with Gasteiger partial charge in [-0.25, -0.2) is 4.98 Å². The number of carbonyl (C=O) groups is 1. The fraction of sp³-hybridized carbons (Fsp3) is 0.292. The van der Waals surface area contributed by atoms with E-state index in [9.17, 15) is 9.59 Å². The van der Waals surface area contributed by atoms with Crippen LogP contribution >= 0.6 is 23.2 Å². The van der Waals surface area contributed by atoms with Crippen LogP contribution in [0.15, 0.2) is 47.7 Å². The van der Waals surface area contributed by atoms with Crippen molar-refractivity contribution in [1.29, 1.82) is 0 Å². The Bertz CT molecular complexity index is 1460. The molecule has 1 aromatic carbocycles. The maximum atomic E-state index is 12.9. The third-order valence-electron chi connectivity index (χ3n) is 6.27. The summed E-state index contributed by atoms with van der Waals surface area (Å²) in [5.41, 5.74) is 3.10. The molecule has 4 aromatic rings. The van der Waals surface area contributed by atoms with Gasteiger partial charge in [-0.3, -0.25) is 24.2 Å². The molecule has 1 saturated heterocycles. The van der Waals surface area contributed by atoms with Gasteiger partial charge in [-0.1, -0.05) is 29.3 Å². The van der Waals surface area contributed by atoms with Gasteiger partial charge in [0.2, 0.25) is 5.95 Å². The van der Waals surface area contributed by atoms with Crippen LogP contribution in [0.2, 0.25) is 10.0 Å². The van der Waals surface area contributed by atoms with E-state index in [1.165, 1.54) is 0 Å². The van der Waals surface area contributed by atoms with E-state index < -0.39 is 0 Å². The molecule has 9 nitrogen and oxygen atoms in total. The molecule has 11 heteroatoms. The number of likely N-dealkylation sites (tertiary alicyclic amines) is 1. The van der Waals surface area contributed by atoms with Gasteiger partial charge in [0, 0.05) is 32.0 Å². The van der Waals surface area contributed by atoms with Crippen LogP contribution in [0.3, 0.4) is 0 Å². The smallest absolute Gasteiger partial charge is 0.278 e. The van der Waals surface area contributed by atoms with Crippen molar-refractivity contribution in [2.24, 2.45) is 0 Å². The second kappa shape index (κ2) is 9.67. The summed E-state index contributed by atoms with van der Waals surface area (Å²) in [6.07, 6.45) is 6.28. The lowest BCUT2D eigenvalue weighted by molar-refractivity contribution is 0.0690. The summed E-state index contributed by atoms with van der Waals surface area (Å²) in [5.74, 6) is 0.331. The second-order valence-electron chi connectivity index (χ2n) is 8.55. The average Bonchev–Trinajstić information content (AvgIpc) is 3.29. The summed E-state index contributed by atoms with van der Waals surface area (Å²) in [6.45, 7) is 3.48. The largest absolute Gasteiger partial charge is 0.352 e.